The number of rotatable bonds is 10. The van der Waals surface area contributed by atoms with Crippen molar-refractivity contribution in [1.82, 2.24) is 0 Å². The van der Waals surface area contributed by atoms with Gasteiger partial charge in [-0.25, -0.2) is 4.39 Å². The molecule has 5 heteroatoms. The van der Waals surface area contributed by atoms with Gasteiger partial charge in [-0.15, -0.1) is 0 Å². The number of nitrogens with one attached hydrogen (secondary N) is 1. The number of halogens is 1. The van der Waals surface area contributed by atoms with Crippen molar-refractivity contribution in [3.05, 3.63) is 83.2 Å². The topological polar surface area (TPSA) is 50.7 Å². The van der Waals surface area contributed by atoms with Gasteiger partial charge in [-0.3, -0.25) is 0 Å². The van der Waals surface area contributed by atoms with E-state index < -0.39 is 5.82 Å². The molecular weight excluding hydrogens is 393 g/mol. The highest BCUT2D eigenvalue weighted by atomic mass is 19.1. The average Bonchev–Trinajstić information content (AvgIpc) is 2.73. The molecule has 4 nitrogen and oxygen atoms in total. The van der Waals surface area contributed by atoms with Crippen molar-refractivity contribution < 1.29 is 19.0 Å². The zero-order chi connectivity index (χ0) is 22.2. The van der Waals surface area contributed by atoms with Gasteiger partial charge < -0.3 is 19.9 Å². The summed E-state index contributed by atoms with van der Waals surface area (Å²) >= 11 is 0. The molecule has 0 amide bonds. The van der Waals surface area contributed by atoms with Crippen molar-refractivity contribution >= 4 is 11.4 Å². The van der Waals surface area contributed by atoms with Gasteiger partial charge in [-0.1, -0.05) is 29.8 Å². The Morgan fingerprint density at radius 3 is 2.45 bits per heavy atom. The van der Waals surface area contributed by atoms with Gasteiger partial charge in [0.1, 0.15) is 5.75 Å². The summed E-state index contributed by atoms with van der Waals surface area (Å²) in [5, 5.41) is 12.3. The van der Waals surface area contributed by atoms with Gasteiger partial charge in [-0.05, 0) is 68.7 Å². The molecule has 0 bridgehead atoms. The predicted octanol–water partition coefficient (Wildman–Crippen LogP) is 6.02. The van der Waals surface area contributed by atoms with Crippen LogP contribution in [0.2, 0.25) is 0 Å². The van der Waals surface area contributed by atoms with E-state index >= 15 is 0 Å². The molecule has 0 aliphatic carbocycles. The third-order valence-electron chi connectivity index (χ3n) is 4.74. The molecule has 0 saturated heterocycles. The maximum Gasteiger partial charge on any atom is 0.167 e. The lowest BCUT2D eigenvalue weighted by Crippen LogP contribution is -2.07. The summed E-state index contributed by atoms with van der Waals surface area (Å²) in [5.41, 5.74) is 4.95. The lowest BCUT2D eigenvalue weighted by atomic mass is 10.0. The van der Waals surface area contributed by atoms with Gasteiger partial charge in [0.05, 0.1) is 12.7 Å². The van der Waals surface area contributed by atoms with Gasteiger partial charge in [0.25, 0.3) is 0 Å². The average molecular weight is 424 g/mol. The molecule has 31 heavy (non-hydrogen) atoms. The standard InChI is InChI=1S/C26H30FNO3/c1-18(2)31-26-12-9-22(17-24(26)27)28-25-11-10-23(30-14-4-13-29)16-21(25)15-20-7-5-19(3)6-8-20/h5-12,16-18,28-29H,4,13-15H2,1-3H3. The second-order valence-corrected chi connectivity index (χ2v) is 7.84. The van der Waals surface area contributed by atoms with E-state index in [1.807, 2.05) is 38.1 Å². The Hall–Kier alpha value is -3.05. The number of hydrogen-bond donors (Lipinski definition) is 2. The van der Waals surface area contributed by atoms with Gasteiger partial charge in [0.15, 0.2) is 11.6 Å². The molecule has 0 aliphatic rings. The van der Waals surface area contributed by atoms with Crippen LogP contribution in [0.3, 0.4) is 0 Å². The van der Waals surface area contributed by atoms with Gasteiger partial charge in [-0.2, -0.15) is 0 Å². The van der Waals surface area contributed by atoms with Crippen molar-refractivity contribution in [2.24, 2.45) is 0 Å². The molecule has 0 aliphatic heterocycles. The molecule has 0 spiro atoms. The Balaban J connectivity index is 1.85. The Kier molecular flexibility index (Phi) is 7.90. The number of hydrogen-bond acceptors (Lipinski definition) is 4. The first-order chi connectivity index (χ1) is 14.9. The number of anilines is 2. The number of aliphatic hydroxyl groups is 1. The fraction of sp³-hybridized carbons (Fsp3) is 0.308. The molecule has 3 aromatic rings. The second-order valence-electron chi connectivity index (χ2n) is 7.84. The molecular formula is C26H30FNO3. The van der Waals surface area contributed by atoms with E-state index in [-0.39, 0.29) is 18.5 Å². The molecule has 0 radical (unpaired) electrons. The molecule has 0 unspecified atom stereocenters. The first-order valence-corrected chi connectivity index (χ1v) is 10.6. The minimum atomic E-state index is -0.400. The second kappa shape index (κ2) is 10.8. The van der Waals surface area contributed by atoms with Gasteiger partial charge in [0, 0.05) is 30.5 Å². The van der Waals surface area contributed by atoms with Crippen LogP contribution in [0, 0.1) is 12.7 Å². The van der Waals surface area contributed by atoms with Crippen LogP contribution in [0.1, 0.15) is 37.0 Å². The smallest absolute Gasteiger partial charge is 0.167 e. The highest BCUT2D eigenvalue weighted by molar-refractivity contribution is 5.66. The van der Waals surface area contributed by atoms with E-state index in [0.29, 0.717) is 25.1 Å². The van der Waals surface area contributed by atoms with Gasteiger partial charge in [0.2, 0.25) is 0 Å². The van der Waals surface area contributed by atoms with Crippen LogP contribution in [0.25, 0.3) is 0 Å². The van der Waals surface area contributed by atoms with Crippen molar-refractivity contribution in [2.75, 3.05) is 18.5 Å². The molecule has 2 N–H and O–H groups in total. The Morgan fingerprint density at radius 1 is 1.00 bits per heavy atom. The summed E-state index contributed by atoms with van der Waals surface area (Å²) in [7, 11) is 0. The molecule has 0 atom stereocenters. The number of aliphatic hydroxyl groups excluding tert-OH is 1. The summed E-state index contributed by atoms with van der Waals surface area (Å²) in [6.07, 6.45) is 1.20. The number of benzene rings is 3. The minimum absolute atomic E-state index is 0.0900. The SMILES string of the molecule is Cc1ccc(Cc2cc(OCCCO)ccc2Nc2ccc(OC(C)C)c(F)c2)cc1. The Bertz CT molecular complexity index is 986. The number of aryl methyl sites for hydroxylation is 1. The summed E-state index contributed by atoms with van der Waals surface area (Å²) in [6, 6.07) is 19.1. The molecule has 0 fully saturated rings. The van der Waals surface area contributed by atoms with Crippen molar-refractivity contribution in [3.8, 4) is 11.5 Å². The summed E-state index contributed by atoms with van der Waals surface area (Å²) in [6.45, 7) is 6.35. The largest absolute Gasteiger partial charge is 0.493 e. The first-order valence-electron chi connectivity index (χ1n) is 10.6. The number of ether oxygens (including phenoxy) is 2. The highest BCUT2D eigenvalue weighted by Gasteiger charge is 2.10. The molecule has 3 rings (SSSR count). The highest BCUT2D eigenvalue weighted by Crippen LogP contribution is 2.30. The monoisotopic (exact) mass is 423 g/mol. The van der Waals surface area contributed by atoms with E-state index in [4.69, 9.17) is 14.6 Å². The van der Waals surface area contributed by atoms with E-state index in [1.54, 1.807) is 6.07 Å². The van der Waals surface area contributed by atoms with Crippen LogP contribution in [0.5, 0.6) is 11.5 Å². The van der Waals surface area contributed by atoms with Crippen molar-refractivity contribution in [3.63, 3.8) is 0 Å². The maximum absolute atomic E-state index is 14.4. The molecule has 0 saturated carbocycles. The van der Waals surface area contributed by atoms with Gasteiger partial charge >= 0.3 is 0 Å². The van der Waals surface area contributed by atoms with Crippen LogP contribution >= 0.6 is 0 Å². The normalized spacial score (nSPS) is 10.9. The predicted molar refractivity (Wildman–Crippen MR) is 123 cm³/mol. The lowest BCUT2D eigenvalue weighted by Gasteiger charge is -2.16. The van der Waals surface area contributed by atoms with Crippen molar-refractivity contribution in [1.29, 1.82) is 0 Å². The first kappa shape index (κ1) is 22.6. The lowest BCUT2D eigenvalue weighted by molar-refractivity contribution is 0.231. The summed E-state index contributed by atoms with van der Waals surface area (Å²) in [4.78, 5) is 0. The van der Waals surface area contributed by atoms with E-state index in [1.165, 1.54) is 17.2 Å². The van der Waals surface area contributed by atoms with Crippen LogP contribution in [0.15, 0.2) is 60.7 Å². The molecule has 0 aromatic heterocycles. The van der Waals surface area contributed by atoms with Crippen LogP contribution < -0.4 is 14.8 Å². The molecule has 3 aromatic carbocycles. The quantitative estimate of drug-likeness (QED) is 0.392. The third kappa shape index (κ3) is 6.72. The molecule has 164 valence electrons. The molecule has 0 heterocycles. The van der Waals surface area contributed by atoms with E-state index in [9.17, 15) is 4.39 Å². The zero-order valence-electron chi connectivity index (χ0n) is 18.3. The zero-order valence-corrected chi connectivity index (χ0v) is 18.3. The fourth-order valence-electron chi connectivity index (χ4n) is 3.19. The Labute approximate surface area is 183 Å². The minimum Gasteiger partial charge on any atom is -0.493 e. The van der Waals surface area contributed by atoms with Crippen molar-refractivity contribution in [2.45, 2.75) is 39.7 Å². The summed E-state index contributed by atoms with van der Waals surface area (Å²) < 4.78 is 25.7. The maximum atomic E-state index is 14.4. The van der Waals surface area contributed by atoms with Crippen LogP contribution in [0.4, 0.5) is 15.8 Å². The third-order valence-corrected chi connectivity index (χ3v) is 4.74. The van der Waals surface area contributed by atoms with Crippen LogP contribution in [-0.4, -0.2) is 24.4 Å². The summed E-state index contributed by atoms with van der Waals surface area (Å²) in [5.74, 6) is 0.587. The fourth-order valence-corrected chi connectivity index (χ4v) is 3.19. The van der Waals surface area contributed by atoms with E-state index in [2.05, 4.69) is 36.5 Å². The Morgan fingerprint density at radius 2 is 1.77 bits per heavy atom. The van der Waals surface area contributed by atoms with E-state index in [0.717, 1.165) is 17.0 Å². The van der Waals surface area contributed by atoms with Crippen LogP contribution in [-0.2, 0) is 6.42 Å².